The van der Waals surface area contributed by atoms with Crippen LogP contribution in [0.1, 0.15) is 46.7 Å². The lowest BCUT2D eigenvalue weighted by molar-refractivity contribution is 0.0937. The zero-order valence-corrected chi connectivity index (χ0v) is 16.9. The normalized spacial score (nSPS) is 15.6. The minimum atomic E-state index is -0.0696. The fourth-order valence-electron chi connectivity index (χ4n) is 3.81. The number of carbonyl (C=O) groups excluding carboxylic acids is 1. The van der Waals surface area contributed by atoms with Gasteiger partial charge in [0.25, 0.3) is 5.91 Å². The van der Waals surface area contributed by atoms with Crippen LogP contribution in [-0.2, 0) is 6.42 Å². The number of amides is 1. The van der Waals surface area contributed by atoms with Gasteiger partial charge < -0.3 is 5.32 Å². The second-order valence-electron chi connectivity index (χ2n) is 6.94. The van der Waals surface area contributed by atoms with Crippen LogP contribution in [0.3, 0.4) is 0 Å². The van der Waals surface area contributed by atoms with E-state index in [1.807, 2.05) is 25.1 Å². The van der Waals surface area contributed by atoms with E-state index in [-0.39, 0.29) is 11.9 Å². The lowest BCUT2D eigenvalue weighted by Gasteiger charge is -2.26. The largest absolute Gasteiger partial charge is 0.350 e. The van der Waals surface area contributed by atoms with Crippen LogP contribution in [0.25, 0.3) is 5.82 Å². The predicted molar refractivity (Wildman–Crippen MR) is 111 cm³/mol. The molecule has 0 aliphatic carbocycles. The number of nitrogens with one attached hydrogen (secondary N) is 1. The molecule has 4 rings (SSSR count). The molecule has 1 amide bonds. The summed E-state index contributed by atoms with van der Waals surface area (Å²) in [6, 6.07) is 10.2. The summed E-state index contributed by atoms with van der Waals surface area (Å²) in [7, 11) is 0. The number of aromatic nitrogens is 3. The molecule has 146 valence electrons. The van der Waals surface area contributed by atoms with Crippen molar-refractivity contribution in [1.29, 1.82) is 0 Å². The fraction of sp³-hybridized carbons (Fsp3) is 0.381. The van der Waals surface area contributed by atoms with Gasteiger partial charge in [0.15, 0.2) is 5.82 Å². The molecule has 1 unspecified atom stereocenters. The van der Waals surface area contributed by atoms with Gasteiger partial charge in [0.05, 0.1) is 23.5 Å². The summed E-state index contributed by atoms with van der Waals surface area (Å²) in [5.41, 5.74) is 1.50. The van der Waals surface area contributed by atoms with E-state index in [0.29, 0.717) is 18.5 Å². The summed E-state index contributed by atoms with van der Waals surface area (Å²) < 4.78 is 1.76. The summed E-state index contributed by atoms with van der Waals surface area (Å²) in [4.78, 5) is 21.1. The highest BCUT2D eigenvalue weighted by atomic mass is 32.1. The third-order valence-electron chi connectivity index (χ3n) is 5.22. The number of rotatable bonds is 7. The Balaban J connectivity index is 1.51. The molecule has 1 N–H and O–H groups in total. The Labute approximate surface area is 169 Å². The molecule has 4 heterocycles. The number of hydrogen-bond donors (Lipinski definition) is 1. The van der Waals surface area contributed by atoms with E-state index in [0.717, 1.165) is 24.6 Å². The van der Waals surface area contributed by atoms with Gasteiger partial charge in [-0.3, -0.25) is 9.69 Å². The lowest BCUT2D eigenvalue weighted by Crippen LogP contribution is -2.36. The molecule has 1 aliphatic heterocycles. The van der Waals surface area contributed by atoms with E-state index in [9.17, 15) is 4.79 Å². The third-order valence-corrected chi connectivity index (χ3v) is 6.20. The Bertz CT molecular complexity index is 900. The van der Waals surface area contributed by atoms with Crippen molar-refractivity contribution in [3.8, 4) is 5.82 Å². The molecule has 0 spiro atoms. The first-order chi connectivity index (χ1) is 13.8. The van der Waals surface area contributed by atoms with Crippen LogP contribution in [0.2, 0.25) is 0 Å². The predicted octanol–water partition coefficient (Wildman–Crippen LogP) is 3.46. The Kier molecular flexibility index (Phi) is 5.83. The molecule has 7 heteroatoms. The molecular formula is C21H25N5OS. The molecule has 1 aliphatic rings. The molecule has 3 aromatic rings. The molecule has 3 aromatic heterocycles. The van der Waals surface area contributed by atoms with Crippen molar-refractivity contribution in [2.24, 2.45) is 0 Å². The number of carbonyl (C=O) groups is 1. The van der Waals surface area contributed by atoms with Crippen molar-refractivity contribution in [3.63, 3.8) is 0 Å². The van der Waals surface area contributed by atoms with E-state index in [1.165, 1.54) is 17.7 Å². The van der Waals surface area contributed by atoms with E-state index >= 15 is 0 Å². The summed E-state index contributed by atoms with van der Waals surface area (Å²) in [5, 5.41) is 9.68. The van der Waals surface area contributed by atoms with Crippen LogP contribution in [0.5, 0.6) is 0 Å². The number of hydrogen-bond acceptors (Lipinski definition) is 5. The topological polar surface area (TPSA) is 63.1 Å². The van der Waals surface area contributed by atoms with Crippen molar-refractivity contribution < 1.29 is 4.79 Å². The van der Waals surface area contributed by atoms with Gasteiger partial charge in [0.2, 0.25) is 0 Å². The van der Waals surface area contributed by atoms with Crippen LogP contribution in [0.4, 0.5) is 0 Å². The molecule has 1 atom stereocenters. The molecule has 28 heavy (non-hydrogen) atoms. The first kappa shape index (κ1) is 18.8. The molecule has 0 radical (unpaired) electrons. The van der Waals surface area contributed by atoms with Crippen LogP contribution < -0.4 is 5.32 Å². The van der Waals surface area contributed by atoms with Crippen LogP contribution in [-0.4, -0.2) is 45.2 Å². The first-order valence-electron chi connectivity index (χ1n) is 9.82. The van der Waals surface area contributed by atoms with Crippen molar-refractivity contribution in [2.75, 3.05) is 19.6 Å². The van der Waals surface area contributed by atoms with Gasteiger partial charge in [-0.15, -0.1) is 11.3 Å². The molecule has 0 bridgehead atoms. The van der Waals surface area contributed by atoms with Crippen LogP contribution in [0, 0.1) is 0 Å². The summed E-state index contributed by atoms with van der Waals surface area (Å²) >= 11 is 1.76. The summed E-state index contributed by atoms with van der Waals surface area (Å²) in [5.74, 6) is 0.659. The van der Waals surface area contributed by atoms with Gasteiger partial charge >= 0.3 is 0 Å². The lowest BCUT2D eigenvalue weighted by atomic mass is 10.1. The Morgan fingerprint density at radius 3 is 2.79 bits per heavy atom. The summed E-state index contributed by atoms with van der Waals surface area (Å²) in [6.45, 7) is 4.83. The third kappa shape index (κ3) is 3.86. The molecule has 0 aromatic carbocycles. The van der Waals surface area contributed by atoms with Gasteiger partial charge in [0.1, 0.15) is 0 Å². The Morgan fingerprint density at radius 2 is 2.11 bits per heavy atom. The van der Waals surface area contributed by atoms with Crippen molar-refractivity contribution in [2.45, 2.75) is 32.2 Å². The second kappa shape index (κ2) is 8.67. The first-order valence-corrected chi connectivity index (χ1v) is 10.7. The molecule has 1 saturated heterocycles. The maximum atomic E-state index is 13.0. The highest BCUT2D eigenvalue weighted by Gasteiger charge is 2.25. The Hall–Kier alpha value is -2.51. The Morgan fingerprint density at radius 1 is 1.25 bits per heavy atom. The minimum absolute atomic E-state index is 0.0696. The maximum absolute atomic E-state index is 13.0. The molecule has 6 nitrogen and oxygen atoms in total. The van der Waals surface area contributed by atoms with Gasteiger partial charge in [-0.2, -0.15) is 5.10 Å². The van der Waals surface area contributed by atoms with Crippen LogP contribution >= 0.6 is 11.3 Å². The SMILES string of the molecule is CCc1c(C(=O)NCC(c2cccs2)N2CCCC2)cnn1-c1ccccn1. The van der Waals surface area contributed by atoms with Gasteiger partial charge in [-0.1, -0.05) is 19.1 Å². The zero-order chi connectivity index (χ0) is 19.3. The fourth-order valence-corrected chi connectivity index (χ4v) is 4.67. The van der Waals surface area contributed by atoms with E-state index in [1.54, 1.807) is 28.4 Å². The highest BCUT2D eigenvalue weighted by molar-refractivity contribution is 7.10. The monoisotopic (exact) mass is 395 g/mol. The number of pyridine rings is 1. The number of nitrogens with zero attached hydrogens (tertiary/aromatic N) is 4. The molecular weight excluding hydrogens is 370 g/mol. The number of thiophene rings is 1. The van der Waals surface area contributed by atoms with Gasteiger partial charge in [0, 0.05) is 17.6 Å². The molecule has 1 fully saturated rings. The highest BCUT2D eigenvalue weighted by Crippen LogP contribution is 2.28. The smallest absolute Gasteiger partial charge is 0.254 e. The van der Waals surface area contributed by atoms with Crippen molar-refractivity contribution >= 4 is 17.2 Å². The standard InChI is InChI=1S/C21H25N5OS/c1-2-17-16(14-24-26(17)20-9-3-4-10-22-20)21(27)23-15-18(19-8-7-13-28-19)25-11-5-6-12-25/h3-4,7-10,13-14,18H,2,5-6,11-12,15H2,1H3,(H,23,27). The average Bonchev–Trinajstić information content (AvgIpc) is 3.49. The quantitative estimate of drug-likeness (QED) is 0.665. The second-order valence-corrected chi connectivity index (χ2v) is 7.92. The average molecular weight is 396 g/mol. The zero-order valence-electron chi connectivity index (χ0n) is 16.0. The molecule has 0 saturated carbocycles. The van der Waals surface area contributed by atoms with Crippen molar-refractivity contribution in [3.05, 3.63) is 64.2 Å². The van der Waals surface area contributed by atoms with E-state index in [2.05, 4.69) is 37.8 Å². The van der Waals surface area contributed by atoms with E-state index < -0.39 is 0 Å². The van der Waals surface area contributed by atoms with Crippen LogP contribution in [0.15, 0.2) is 48.1 Å². The maximum Gasteiger partial charge on any atom is 0.254 e. The van der Waals surface area contributed by atoms with E-state index in [4.69, 9.17) is 0 Å². The minimum Gasteiger partial charge on any atom is -0.350 e. The number of likely N-dealkylation sites (tertiary alicyclic amines) is 1. The van der Waals surface area contributed by atoms with Crippen molar-refractivity contribution in [1.82, 2.24) is 25.0 Å². The van der Waals surface area contributed by atoms with Gasteiger partial charge in [-0.25, -0.2) is 9.67 Å². The van der Waals surface area contributed by atoms with Gasteiger partial charge in [-0.05, 0) is 55.9 Å². The summed E-state index contributed by atoms with van der Waals surface area (Å²) in [6.07, 6.45) is 6.55.